The van der Waals surface area contributed by atoms with Crippen LogP contribution in [-0.2, 0) is 21.2 Å². The van der Waals surface area contributed by atoms with Crippen LogP contribution in [0.4, 0.5) is 11.4 Å². The van der Waals surface area contributed by atoms with Gasteiger partial charge in [0, 0.05) is 6.54 Å². The highest BCUT2D eigenvalue weighted by atomic mass is 32.2. The summed E-state index contributed by atoms with van der Waals surface area (Å²) in [5.41, 5.74) is 1.22. The van der Waals surface area contributed by atoms with Crippen molar-refractivity contribution in [1.29, 1.82) is 0 Å². The number of benzene rings is 2. The molecular formula is C24H32N2O5S. The maximum Gasteiger partial charge on any atom is 0.236 e. The van der Waals surface area contributed by atoms with Gasteiger partial charge in [0.2, 0.25) is 15.9 Å². The third-order valence-electron chi connectivity index (χ3n) is 5.30. The van der Waals surface area contributed by atoms with Crippen LogP contribution < -0.4 is 19.1 Å². The van der Waals surface area contributed by atoms with Crippen LogP contribution in [0.25, 0.3) is 0 Å². The van der Waals surface area contributed by atoms with E-state index >= 15 is 0 Å². The number of hydrogen-bond donors (Lipinski definition) is 1. The number of rotatable bonds is 8. The second kappa shape index (κ2) is 9.40. The molecular weight excluding hydrogens is 428 g/mol. The van der Waals surface area contributed by atoms with E-state index < -0.39 is 15.4 Å². The van der Waals surface area contributed by atoms with Gasteiger partial charge in [0.25, 0.3) is 0 Å². The number of amides is 1. The fraction of sp³-hybridized carbons (Fsp3) is 0.458. The first kappa shape index (κ1) is 23.9. The van der Waals surface area contributed by atoms with Gasteiger partial charge in [0.05, 0.1) is 29.7 Å². The summed E-state index contributed by atoms with van der Waals surface area (Å²) in [5, 5.41) is 0. The van der Waals surface area contributed by atoms with Crippen molar-refractivity contribution in [2.45, 2.75) is 34.1 Å². The van der Waals surface area contributed by atoms with Gasteiger partial charge >= 0.3 is 0 Å². The molecule has 7 nitrogen and oxygen atoms in total. The van der Waals surface area contributed by atoms with Crippen molar-refractivity contribution in [2.75, 3.05) is 35.6 Å². The van der Waals surface area contributed by atoms with E-state index in [4.69, 9.17) is 9.47 Å². The second-order valence-corrected chi connectivity index (χ2v) is 11.0. The zero-order chi connectivity index (χ0) is 23.5. The van der Waals surface area contributed by atoms with Crippen LogP contribution in [0.5, 0.6) is 11.5 Å². The van der Waals surface area contributed by atoms with Crippen molar-refractivity contribution in [1.82, 2.24) is 0 Å². The first-order valence-electron chi connectivity index (χ1n) is 10.7. The van der Waals surface area contributed by atoms with E-state index in [1.54, 1.807) is 30.2 Å². The third-order valence-corrected chi connectivity index (χ3v) is 6.59. The third kappa shape index (κ3) is 5.73. The summed E-state index contributed by atoms with van der Waals surface area (Å²) in [6, 6.07) is 12.4. The Morgan fingerprint density at radius 1 is 1.16 bits per heavy atom. The number of carbonyl (C=O) groups is 1. The Kier molecular flexibility index (Phi) is 7.03. The lowest BCUT2D eigenvalue weighted by Gasteiger charge is -2.29. The van der Waals surface area contributed by atoms with Crippen molar-refractivity contribution in [3.63, 3.8) is 0 Å². The van der Waals surface area contributed by atoms with Gasteiger partial charge in [-0.25, -0.2) is 8.42 Å². The van der Waals surface area contributed by atoms with Crippen LogP contribution >= 0.6 is 0 Å². The molecule has 0 aliphatic carbocycles. The van der Waals surface area contributed by atoms with Crippen molar-refractivity contribution >= 4 is 27.3 Å². The smallest absolute Gasteiger partial charge is 0.236 e. The summed E-state index contributed by atoms with van der Waals surface area (Å²) < 4.78 is 39.1. The molecule has 1 aliphatic heterocycles. The minimum Gasteiger partial charge on any atom is -0.497 e. The average Bonchev–Trinajstić information content (AvgIpc) is 2.82. The fourth-order valence-electron chi connectivity index (χ4n) is 3.53. The van der Waals surface area contributed by atoms with Crippen LogP contribution in [0.2, 0.25) is 0 Å². The van der Waals surface area contributed by atoms with Gasteiger partial charge in [0.15, 0.2) is 0 Å². The second-order valence-electron chi connectivity index (χ2n) is 9.18. The molecule has 0 bridgehead atoms. The van der Waals surface area contributed by atoms with Gasteiger partial charge in [-0.05, 0) is 62.1 Å². The summed E-state index contributed by atoms with van der Waals surface area (Å²) in [4.78, 5) is 14.9. The molecule has 0 spiro atoms. The average molecular weight is 461 g/mol. The lowest BCUT2D eigenvalue weighted by atomic mass is 9.92. The minimum absolute atomic E-state index is 0.0375. The van der Waals surface area contributed by atoms with E-state index in [0.717, 1.165) is 11.3 Å². The maximum atomic E-state index is 13.2. The number of anilines is 2. The van der Waals surface area contributed by atoms with Gasteiger partial charge in [-0.3, -0.25) is 9.52 Å². The number of sulfonamides is 1. The SMILES string of the molecule is COc1ccc(CCS(=O)(=O)Nc2ccc3c(c2)N(CC(C)C)C(=O)C(C)(C)CO3)cc1. The summed E-state index contributed by atoms with van der Waals surface area (Å²) in [6.45, 7) is 8.58. The lowest BCUT2D eigenvalue weighted by Crippen LogP contribution is -2.43. The minimum atomic E-state index is -3.59. The van der Waals surface area contributed by atoms with Crippen LogP contribution in [0.3, 0.4) is 0 Å². The fourth-order valence-corrected chi connectivity index (χ4v) is 4.62. The van der Waals surface area contributed by atoms with Gasteiger partial charge in [-0.15, -0.1) is 0 Å². The molecule has 8 heteroatoms. The Bertz CT molecular complexity index is 1060. The number of nitrogens with zero attached hydrogens (tertiary/aromatic N) is 1. The van der Waals surface area contributed by atoms with E-state index in [1.165, 1.54) is 0 Å². The zero-order valence-corrected chi connectivity index (χ0v) is 20.2. The number of hydrogen-bond acceptors (Lipinski definition) is 5. The summed E-state index contributed by atoms with van der Waals surface area (Å²) >= 11 is 0. The van der Waals surface area contributed by atoms with Crippen molar-refractivity contribution in [3.05, 3.63) is 48.0 Å². The molecule has 0 saturated heterocycles. The molecule has 2 aromatic carbocycles. The number of nitrogens with one attached hydrogen (secondary N) is 1. The molecule has 1 aliphatic rings. The first-order valence-corrected chi connectivity index (χ1v) is 12.4. The van der Waals surface area contributed by atoms with Gasteiger partial charge in [0.1, 0.15) is 18.1 Å². The summed E-state index contributed by atoms with van der Waals surface area (Å²) in [7, 11) is -2.00. The van der Waals surface area contributed by atoms with Crippen molar-refractivity contribution < 1.29 is 22.7 Å². The van der Waals surface area contributed by atoms with E-state index in [1.807, 2.05) is 52.0 Å². The molecule has 1 heterocycles. The monoisotopic (exact) mass is 460 g/mol. The Labute approximate surface area is 190 Å². The molecule has 1 N–H and O–H groups in total. The van der Waals surface area contributed by atoms with Gasteiger partial charge < -0.3 is 14.4 Å². The number of methoxy groups -OCH3 is 1. The predicted molar refractivity (Wildman–Crippen MR) is 127 cm³/mol. The molecule has 0 fully saturated rings. The standard InChI is InChI=1S/C24H32N2O5S/c1-17(2)15-26-21-14-19(8-11-22(21)31-16-24(3,4)23(26)27)25-32(28,29)13-12-18-6-9-20(30-5)10-7-18/h6-11,14,17,25H,12-13,15-16H2,1-5H3. The van der Waals surface area contributed by atoms with E-state index in [9.17, 15) is 13.2 Å². The number of ether oxygens (including phenoxy) is 2. The number of carbonyl (C=O) groups excluding carboxylic acids is 1. The molecule has 1 amide bonds. The van der Waals surface area contributed by atoms with Gasteiger partial charge in [-0.1, -0.05) is 26.0 Å². The van der Waals surface area contributed by atoms with E-state index in [2.05, 4.69) is 4.72 Å². The number of fused-ring (bicyclic) bond motifs is 1. The molecule has 2 aromatic rings. The summed E-state index contributed by atoms with van der Waals surface area (Å²) in [5.74, 6) is 1.44. The zero-order valence-electron chi connectivity index (χ0n) is 19.3. The molecule has 0 radical (unpaired) electrons. The maximum absolute atomic E-state index is 13.2. The largest absolute Gasteiger partial charge is 0.497 e. The highest BCUT2D eigenvalue weighted by molar-refractivity contribution is 7.92. The van der Waals surface area contributed by atoms with E-state index in [-0.39, 0.29) is 24.2 Å². The number of aryl methyl sites for hydroxylation is 1. The van der Waals surface area contributed by atoms with Crippen LogP contribution in [0.1, 0.15) is 33.3 Å². The van der Waals surface area contributed by atoms with Crippen molar-refractivity contribution in [3.8, 4) is 11.5 Å². The lowest BCUT2D eigenvalue weighted by molar-refractivity contribution is -0.127. The predicted octanol–water partition coefficient (Wildman–Crippen LogP) is 4.09. The first-order chi connectivity index (χ1) is 15.0. The Morgan fingerprint density at radius 2 is 1.84 bits per heavy atom. The molecule has 0 atom stereocenters. The Hall–Kier alpha value is -2.74. The van der Waals surface area contributed by atoms with Crippen LogP contribution in [0, 0.1) is 11.3 Å². The van der Waals surface area contributed by atoms with Gasteiger partial charge in [-0.2, -0.15) is 0 Å². The van der Waals surface area contributed by atoms with Crippen LogP contribution in [0.15, 0.2) is 42.5 Å². The highest BCUT2D eigenvalue weighted by Gasteiger charge is 2.38. The summed E-state index contributed by atoms with van der Waals surface area (Å²) in [6.07, 6.45) is 0.375. The molecule has 32 heavy (non-hydrogen) atoms. The molecule has 3 rings (SSSR count). The molecule has 0 aromatic heterocycles. The molecule has 174 valence electrons. The Balaban J connectivity index is 1.80. The normalized spacial score (nSPS) is 15.7. The van der Waals surface area contributed by atoms with Crippen molar-refractivity contribution in [2.24, 2.45) is 11.3 Å². The van der Waals surface area contributed by atoms with Crippen LogP contribution in [-0.4, -0.2) is 40.3 Å². The molecule has 0 unspecified atom stereocenters. The topological polar surface area (TPSA) is 84.9 Å². The van der Waals surface area contributed by atoms with E-state index in [0.29, 0.717) is 30.1 Å². The quantitative estimate of drug-likeness (QED) is 0.641. The highest BCUT2D eigenvalue weighted by Crippen LogP contribution is 2.38. The molecule has 0 saturated carbocycles. The Morgan fingerprint density at radius 3 is 2.47 bits per heavy atom.